The summed E-state index contributed by atoms with van der Waals surface area (Å²) < 4.78 is 0. The van der Waals surface area contributed by atoms with Crippen LogP contribution in [0.15, 0.2) is 72.8 Å². The molecular formula is C34H36N4O2. The van der Waals surface area contributed by atoms with E-state index in [9.17, 15) is 9.59 Å². The van der Waals surface area contributed by atoms with Crippen molar-refractivity contribution in [2.45, 2.75) is 27.7 Å². The summed E-state index contributed by atoms with van der Waals surface area (Å²) >= 11 is 0. The van der Waals surface area contributed by atoms with E-state index >= 15 is 0 Å². The van der Waals surface area contributed by atoms with Crippen LogP contribution in [0.25, 0.3) is 33.9 Å². The molecule has 1 aliphatic rings. The zero-order chi connectivity index (χ0) is 28.2. The minimum absolute atomic E-state index is 0.0951. The molecule has 0 radical (unpaired) electrons. The van der Waals surface area contributed by atoms with E-state index in [1.165, 1.54) is 5.56 Å². The normalized spacial score (nSPS) is 13.5. The van der Waals surface area contributed by atoms with Gasteiger partial charge in [0.05, 0.1) is 11.1 Å². The van der Waals surface area contributed by atoms with Crippen LogP contribution in [-0.4, -0.2) is 47.9 Å². The number of carbonyl (C=O) groups is 2. The van der Waals surface area contributed by atoms with Gasteiger partial charge in [0.1, 0.15) is 0 Å². The van der Waals surface area contributed by atoms with Crippen molar-refractivity contribution in [3.63, 3.8) is 0 Å². The molecule has 2 heterocycles. The van der Waals surface area contributed by atoms with Gasteiger partial charge in [-0.2, -0.15) is 0 Å². The lowest BCUT2D eigenvalue weighted by atomic mass is 9.97. The standard InChI is InChI=1S/C34H36N4O2/c1-5-38(6-2)19-18-35-34(40)32-22(3)30(36-23(32)4)21-29-28-17-16-27(20-31(28)37-33(29)39)26-14-12-25(13-15-26)24-10-8-7-9-11-24/h7-17,20-21,36H,5-6,18-19H2,1-4H3,(H,35,40)(H,37,39). The lowest BCUT2D eigenvalue weighted by Crippen LogP contribution is -2.35. The van der Waals surface area contributed by atoms with E-state index in [-0.39, 0.29) is 11.8 Å². The van der Waals surface area contributed by atoms with Crippen molar-refractivity contribution in [2.24, 2.45) is 0 Å². The highest BCUT2D eigenvalue weighted by atomic mass is 16.2. The number of nitrogens with zero attached hydrogens (tertiary/aromatic N) is 1. The molecule has 4 aromatic rings. The van der Waals surface area contributed by atoms with Crippen LogP contribution in [0.3, 0.4) is 0 Å². The second kappa shape index (κ2) is 11.8. The molecule has 40 heavy (non-hydrogen) atoms. The van der Waals surface area contributed by atoms with Crippen LogP contribution in [0.5, 0.6) is 0 Å². The van der Waals surface area contributed by atoms with Crippen molar-refractivity contribution in [1.29, 1.82) is 0 Å². The summed E-state index contributed by atoms with van der Waals surface area (Å²) in [6.45, 7) is 11.4. The number of carbonyl (C=O) groups excluding carboxylic acids is 2. The number of fused-ring (bicyclic) bond motifs is 1. The number of aryl methyl sites for hydroxylation is 1. The minimum atomic E-state index is -0.150. The average Bonchev–Trinajstić information content (AvgIpc) is 3.44. The lowest BCUT2D eigenvalue weighted by Gasteiger charge is -2.18. The Balaban J connectivity index is 1.36. The molecular weight excluding hydrogens is 496 g/mol. The third-order valence-electron chi connectivity index (χ3n) is 7.73. The number of aromatic amines is 1. The molecule has 1 aliphatic heterocycles. The molecule has 0 saturated heterocycles. The van der Waals surface area contributed by atoms with Crippen LogP contribution in [-0.2, 0) is 4.79 Å². The molecule has 1 aromatic heterocycles. The third kappa shape index (κ3) is 5.49. The van der Waals surface area contributed by atoms with Crippen molar-refractivity contribution in [3.8, 4) is 22.3 Å². The van der Waals surface area contributed by atoms with Gasteiger partial charge in [0.15, 0.2) is 0 Å². The lowest BCUT2D eigenvalue weighted by molar-refractivity contribution is -0.110. The first-order valence-electron chi connectivity index (χ1n) is 13.9. The number of hydrogen-bond acceptors (Lipinski definition) is 3. The van der Waals surface area contributed by atoms with E-state index < -0.39 is 0 Å². The number of rotatable bonds is 9. The molecule has 0 unspecified atom stereocenters. The van der Waals surface area contributed by atoms with E-state index in [1.54, 1.807) is 0 Å². The first-order valence-corrected chi connectivity index (χ1v) is 13.9. The van der Waals surface area contributed by atoms with E-state index in [0.29, 0.717) is 17.7 Å². The summed E-state index contributed by atoms with van der Waals surface area (Å²) in [7, 11) is 0. The Morgan fingerprint density at radius 1 is 0.875 bits per heavy atom. The van der Waals surface area contributed by atoms with Crippen molar-refractivity contribution in [2.75, 3.05) is 31.5 Å². The molecule has 204 valence electrons. The SMILES string of the molecule is CCN(CC)CCNC(=O)c1c(C)[nH]c(C=C2C(=O)Nc3cc(-c4ccc(-c5ccccc5)cc4)ccc32)c1C. The van der Waals surface area contributed by atoms with Crippen molar-refractivity contribution >= 4 is 29.2 Å². The van der Waals surface area contributed by atoms with Crippen molar-refractivity contribution in [3.05, 3.63) is 101 Å². The van der Waals surface area contributed by atoms with Gasteiger partial charge in [-0.05, 0) is 66.9 Å². The Labute approximate surface area is 236 Å². The fourth-order valence-electron chi connectivity index (χ4n) is 5.36. The number of benzene rings is 3. The van der Waals surface area contributed by atoms with Crippen LogP contribution in [0.2, 0.25) is 0 Å². The summed E-state index contributed by atoms with van der Waals surface area (Å²) in [5.41, 5.74) is 9.72. The monoisotopic (exact) mass is 532 g/mol. The topological polar surface area (TPSA) is 77.2 Å². The van der Waals surface area contributed by atoms with Crippen LogP contribution in [0.4, 0.5) is 5.69 Å². The van der Waals surface area contributed by atoms with Crippen molar-refractivity contribution < 1.29 is 9.59 Å². The number of hydrogen-bond donors (Lipinski definition) is 3. The van der Waals surface area contributed by atoms with Gasteiger partial charge in [-0.1, -0.05) is 80.6 Å². The van der Waals surface area contributed by atoms with Gasteiger partial charge in [-0.15, -0.1) is 0 Å². The maximum atomic E-state index is 13.0. The molecule has 0 aliphatic carbocycles. The Morgan fingerprint density at radius 3 is 2.17 bits per heavy atom. The molecule has 6 heteroatoms. The van der Waals surface area contributed by atoms with Gasteiger partial charge in [0.25, 0.3) is 11.8 Å². The van der Waals surface area contributed by atoms with E-state index in [1.807, 2.05) is 56.3 Å². The summed E-state index contributed by atoms with van der Waals surface area (Å²) in [5, 5.41) is 6.07. The molecule has 0 bridgehead atoms. The number of amides is 2. The van der Waals surface area contributed by atoms with Crippen LogP contribution < -0.4 is 10.6 Å². The molecule has 5 rings (SSSR count). The highest BCUT2D eigenvalue weighted by molar-refractivity contribution is 6.35. The van der Waals surface area contributed by atoms with Crippen molar-refractivity contribution in [1.82, 2.24) is 15.2 Å². The number of H-pyrrole nitrogens is 1. The maximum absolute atomic E-state index is 13.0. The second-order valence-corrected chi connectivity index (χ2v) is 10.2. The number of likely N-dealkylation sites (N-methyl/N-ethyl adjacent to an activating group) is 1. The summed E-state index contributed by atoms with van der Waals surface area (Å²) in [5.74, 6) is -0.245. The number of nitrogens with one attached hydrogen (secondary N) is 3. The largest absolute Gasteiger partial charge is 0.358 e. The molecule has 6 nitrogen and oxygen atoms in total. The Kier molecular flexibility index (Phi) is 7.99. The Morgan fingerprint density at radius 2 is 1.50 bits per heavy atom. The maximum Gasteiger partial charge on any atom is 0.256 e. The van der Waals surface area contributed by atoms with Gasteiger partial charge < -0.3 is 20.5 Å². The van der Waals surface area contributed by atoms with Gasteiger partial charge in [-0.25, -0.2) is 0 Å². The van der Waals surface area contributed by atoms with E-state index in [4.69, 9.17) is 0 Å². The number of anilines is 1. The highest BCUT2D eigenvalue weighted by Crippen LogP contribution is 2.37. The number of aromatic nitrogens is 1. The fourth-order valence-corrected chi connectivity index (χ4v) is 5.36. The molecule has 3 N–H and O–H groups in total. The third-order valence-corrected chi connectivity index (χ3v) is 7.73. The predicted molar refractivity (Wildman–Crippen MR) is 164 cm³/mol. The molecule has 0 spiro atoms. The molecule has 3 aromatic carbocycles. The van der Waals surface area contributed by atoms with Gasteiger partial charge >= 0.3 is 0 Å². The second-order valence-electron chi connectivity index (χ2n) is 10.2. The first kappa shape index (κ1) is 27.2. The predicted octanol–water partition coefficient (Wildman–Crippen LogP) is 6.53. The summed E-state index contributed by atoms with van der Waals surface area (Å²) in [6, 6.07) is 24.8. The van der Waals surface area contributed by atoms with E-state index in [2.05, 4.69) is 70.8 Å². The van der Waals surface area contributed by atoms with Gasteiger partial charge in [0.2, 0.25) is 0 Å². The minimum Gasteiger partial charge on any atom is -0.358 e. The zero-order valence-corrected chi connectivity index (χ0v) is 23.6. The highest BCUT2D eigenvalue weighted by Gasteiger charge is 2.26. The molecule has 2 amide bonds. The van der Waals surface area contributed by atoms with Crippen LogP contribution in [0.1, 0.15) is 46.7 Å². The zero-order valence-electron chi connectivity index (χ0n) is 23.6. The Bertz CT molecular complexity index is 1560. The summed E-state index contributed by atoms with van der Waals surface area (Å²) in [6.07, 6.45) is 1.85. The molecule has 0 atom stereocenters. The quantitative estimate of drug-likeness (QED) is 0.215. The van der Waals surface area contributed by atoms with Crippen LogP contribution >= 0.6 is 0 Å². The average molecular weight is 533 g/mol. The first-order chi connectivity index (χ1) is 19.4. The van der Waals surface area contributed by atoms with Gasteiger partial charge in [-0.3, -0.25) is 9.59 Å². The molecule has 0 saturated carbocycles. The van der Waals surface area contributed by atoms with Gasteiger partial charge in [0, 0.05) is 35.7 Å². The Hall–Kier alpha value is -4.42. The van der Waals surface area contributed by atoms with E-state index in [0.717, 1.165) is 64.5 Å². The fraction of sp³-hybridized carbons (Fsp3) is 0.235. The smallest absolute Gasteiger partial charge is 0.256 e. The summed E-state index contributed by atoms with van der Waals surface area (Å²) in [4.78, 5) is 31.6. The molecule has 0 fully saturated rings. The van der Waals surface area contributed by atoms with Crippen LogP contribution in [0, 0.1) is 13.8 Å².